The Kier molecular flexibility index (Phi) is 3.77. The Hall–Kier alpha value is -1.57. The highest BCUT2D eigenvalue weighted by atomic mass is 32.1. The summed E-state index contributed by atoms with van der Waals surface area (Å²) in [5.41, 5.74) is 4.77. The normalized spacial score (nSPS) is 22.9. The number of alkyl carbamates (subject to hydrolysis) is 1. The van der Waals surface area contributed by atoms with E-state index in [1.54, 1.807) is 0 Å². The van der Waals surface area contributed by atoms with Crippen LogP contribution < -0.4 is 16.0 Å². The number of nitrogens with one attached hydrogen (secondary N) is 1. The van der Waals surface area contributed by atoms with E-state index in [2.05, 4.69) is 20.4 Å². The van der Waals surface area contributed by atoms with Crippen molar-refractivity contribution < 1.29 is 9.53 Å². The molecule has 112 valence electrons. The van der Waals surface area contributed by atoms with Gasteiger partial charge in [0.2, 0.25) is 10.3 Å². The molecule has 8 heteroatoms. The molecule has 1 fully saturated rings. The summed E-state index contributed by atoms with van der Waals surface area (Å²) in [6.45, 7) is 9.02. The third-order valence-electron chi connectivity index (χ3n) is 2.98. The zero-order valence-electron chi connectivity index (χ0n) is 12.3. The quantitative estimate of drug-likeness (QED) is 0.862. The number of rotatable bonds is 2. The van der Waals surface area contributed by atoms with Gasteiger partial charge in [0.1, 0.15) is 5.60 Å². The number of amides is 1. The number of ether oxygens (including phenoxy) is 1. The molecule has 0 aromatic carbocycles. The molecular weight excluding hydrogens is 278 g/mol. The van der Waals surface area contributed by atoms with Crippen molar-refractivity contribution in [2.24, 2.45) is 0 Å². The van der Waals surface area contributed by atoms with E-state index in [1.807, 2.05) is 27.7 Å². The maximum absolute atomic E-state index is 11.9. The molecule has 1 atom stereocenters. The number of aromatic nitrogens is 2. The Morgan fingerprint density at radius 2 is 2.20 bits per heavy atom. The van der Waals surface area contributed by atoms with E-state index in [9.17, 15) is 4.79 Å². The van der Waals surface area contributed by atoms with Crippen molar-refractivity contribution in [3.63, 3.8) is 0 Å². The fourth-order valence-corrected chi connectivity index (χ4v) is 2.77. The molecule has 7 nitrogen and oxygen atoms in total. The molecule has 0 aliphatic carbocycles. The van der Waals surface area contributed by atoms with Crippen LogP contribution >= 0.6 is 11.3 Å². The predicted molar refractivity (Wildman–Crippen MR) is 78.9 cm³/mol. The minimum atomic E-state index is -0.494. The van der Waals surface area contributed by atoms with Gasteiger partial charge in [0.25, 0.3) is 0 Å². The van der Waals surface area contributed by atoms with Crippen molar-refractivity contribution in [3.05, 3.63) is 0 Å². The molecule has 1 amide bonds. The number of anilines is 2. The summed E-state index contributed by atoms with van der Waals surface area (Å²) in [4.78, 5) is 13.9. The summed E-state index contributed by atoms with van der Waals surface area (Å²) in [5.74, 6) is 0. The molecule has 0 radical (unpaired) electrons. The zero-order chi connectivity index (χ0) is 15.0. The van der Waals surface area contributed by atoms with E-state index in [0.29, 0.717) is 11.7 Å². The fraction of sp³-hybridized carbons (Fsp3) is 0.750. The van der Waals surface area contributed by atoms with Gasteiger partial charge in [-0.15, -0.1) is 10.2 Å². The number of nitrogen functional groups attached to an aromatic ring is 1. The van der Waals surface area contributed by atoms with Crippen LogP contribution in [-0.2, 0) is 4.74 Å². The predicted octanol–water partition coefficient (Wildman–Crippen LogP) is 1.61. The highest BCUT2D eigenvalue weighted by molar-refractivity contribution is 7.18. The molecule has 2 heterocycles. The van der Waals surface area contributed by atoms with Crippen LogP contribution in [0, 0.1) is 0 Å². The lowest BCUT2D eigenvalue weighted by atomic mass is 10.0. The molecule has 3 N–H and O–H groups in total. The molecule has 0 bridgehead atoms. The van der Waals surface area contributed by atoms with Crippen molar-refractivity contribution in [3.8, 4) is 0 Å². The molecule has 1 aliphatic heterocycles. The van der Waals surface area contributed by atoms with E-state index in [0.717, 1.165) is 18.1 Å². The van der Waals surface area contributed by atoms with E-state index < -0.39 is 11.7 Å². The minimum Gasteiger partial charge on any atom is -0.444 e. The SMILES string of the molecule is CC1(NC(=O)OC(C)(C)C)CCN(c2nnc(N)s2)C1. The summed E-state index contributed by atoms with van der Waals surface area (Å²) in [6.07, 6.45) is 0.435. The lowest BCUT2D eigenvalue weighted by Gasteiger charge is -2.28. The average Bonchev–Trinajstić information content (AvgIpc) is 2.82. The number of carbonyl (C=O) groups excluding carboxylic acids is 1. The van der Waals surface area contributed by atoms with E-state index in [-0.39, 0.29) is 5.54 Å². The first kappa shape index (κ1) is 14.8. The molecule has 1 aliphatic rings. The molecule has 1 saturated heterocycles. The standard InChI is InChI=1S/C12H21N5O2S/c1-11(2,3)19-10(18)14-12(4)5-6-17(7-12)9-16-15-8(13)20-9/h5-7H2,1-4H3,(H2,13,15)(H,14,18). The Labute approximate surface area is 122 Å². The molecular formula is C12H21N5O2S. The molecule has 20 heavy (non-hydrogen) atoms. The smallest absolute Gasteiger partial charge is 0.408 e. The monoisotopic (exact) mass is 299 g/mol. The second-order valence-electron chi connectivity index (χ2n) is 6.28. The van der Waals surface area contributed by atoms with E-state index in [1.165, 1.54) is 11.3 Å². The van der Waals surface area contributed by atoms with Crippen LogP contribution in [0.25, 0.3) is 0 Å². The maximum Gasteiger partial charge on any atom is 0.408 e. The third-order valence-corrected chi connectivity index (χ3v) is 3.79. The summed E-state index contributed by atoms with van der Waals surface area (Å²) in [7, 11) is 0. The van der Waals surface area contributed by atoms with Crippen molar-refractivity contribution >= 4 is 27.7 Å². The van der Waals surface area contributed by atoms with Gasteiger partial charge in [-0.05, 0) is 34.1 Å². The lowest BCUT2D eigenvalue weighted by Crippen LogP contribution is -2.49. The minimum absolute atomic E-state index is 0.331. The molecule has 0 saturated carbocycles. The maximum atomic E-state index is 11.9. The summed E-state index contributed by atoms with van der Waals surface area (Å²) in [5, 5.41) is 12.0. The van der Waals surface area contributed by atoms with E-state index >= 15 is 0 Å². The third kappa shape index (κ3) is 3.72. The highest BCUT2D eigenvalue weighted by Crippen LogP contribution is 2.29. The topological polar surface area (TPSA) is 93.4 Å². The summed E-state index contributed by atoms with van der Waals surface area (Å²) in [6, 6.07) is 0. The van der Waals surface area contributed by atoms with Crippen LogP contribution in [0.4, 0.5) is 15.1 Å². The molecule has 2 rings (SSSR count). The Bertz CT molecular complexity index is 498. The van der Waals surface area contributed by atoms with Gasteiger partial charge in [-0.25, -0.2) is 4.79 Å². The largest absolute Gasteiger partial charge is 0.444 e. The molecule has 1 aromatic heterocycles. The molecule has 1 aromatic rings. The van der Waals surface area contributed by atoms with Crippen molar-refractivity contribution in [1.82, 2.24) is 15.5 Å². The second-order valence-corrected chi connectivity index (χ2v) is 7.27. The van der Waals surface area contributed by atoms with Gasteiger partial charge in [-0.2, -0.15) is 0 Å². The number of carbonyl (C=O) groups is 1. The van der Waals surface area contributed by atoms with Gasteiger partial charge in [0.15, 0.2) is 0 Å². The summed E-state index contributed by atoms with van der Waals surface area (Å²) >= 11 is 1.35. The van der Waals surface area contributed by atoms with Crippen LogP contribution in [0.15, 0.2) is 0 Å². The Balaban J connectivity index is 1.95. The van der Waals surface area contributed by atoms with Gasteiger partial charge in [-0.3, -0.25) is 0 Å². The second kappa shape index (κ2) is 5.08. The van der Waals surface area contributed by atoms with Crippen LogP contribution in [0.1, 0.15) is 34.1 Å². The fourth-order valence-electron chi connectivity index (χ4n) is 2.13. The Morgan fingerprint density at radius 3 is 2.75 bits per heavy atom. The molecule has 1 unspecified atom stereocenters. The number of nitrogens with two attached hydrogens (primary N) is 1. The number of hydrogen-bond donors (Lipinski definition) is 2. The molecule has 0 spiro atoms. The first-order valence-corrected chi connectivity index (χ1v) is 7.34. The Morgan fingerprint density at radius 1 is 1.50 bits per heavy atom. The van der Waals surface area contributed by atoms with Crippen molar-refractivity contribution in [2.75, 3.05) is 23.7 Å². The van der Waals surface area contributed by atoms with E-state index in [4.69, 9.17) is 10.5 Å². The van der Waals surface area contributed by atoms with Crippen LogP contribution in [0.3, 0.4) is 0 Å². The highest BCUT2D eigenvalue weighted by Gasteiger charge is 2.37. The lowest BCUT2D eigenvalue weighted by molar-refractivity contribution is 0.0473. The van der Waals surface area contributed by atoms with Crippen molar-refractivity contribution in [2.45, 2.75) is 45.3 Å². The van der Waals surface area contributed by atoms with Gasteiger partial charge in [0, 0.05) is 13.1 Å². The van der Waals surface area contributed by atoms with Crippen LogP contribution in [0.5, 0.6) is 0 Å². The van der Waals surface area contributed by atoms with Gasteiger partial charge in [-0.1, -0.05) is 11.3 Å². The van der Waals surface area contributed by atoms with Gasteiger partial charge < -0.3 is 20.7 Å². The number of nitrogens with zero attached hydrogens (tertiary/aromatic N) is 3. The first-order chi connectivity index (χ1) is 9.17. The van der Waals surface area contributed by atoms with Gasteiger partial charge in [0.05, 0.1) is 5.54 Å². The first-order valence-electron chi connectivity index (χ1n) is 6.52. The van der Waals surface area contributed by atoms with Crippen LogP contribution in [0.2, 0.25) is 0 Å². The van der Waals surface area contributed by atoms with Gasteiger partial charge >= 0.3 is 6.09 Å². The number of hydrogen-bond acceptors (Lipinski definition) is 7. The van der Waals surface area contributed by atoms with Crippen LogP contribution in [-0.4, -0.2) is 40.5 Å². The summed E-state index contributed by atoms with van der Waals surface area (Å²) < 4.78 is 5.30. The zero-order valence-corrected chi connectivity index (χ0v) is 13.1. The average molecular weight is 299 g/mol. The van der Waals surface area contributed by atoms with Crippen molar-refractivity contribution in [1.29, 1.82) is 0 Å².